The molecule has 3 aromatic rings. The van der Waals surface area contributed by atoms with E-state index in [2.05, 4.69) is 123 Å². The first-order valence-corrected chi connectivity index (χ1v) is 10.8. The monoisotopic (exact) mass is 530 g/mol. The summed E-state index contributed by atoms with van der Waals surface area (Å²) in [5.41, 5.74) is 7.01. The van der Waals surface area contributed by atoms with Gasteiger partial charge in [-0.2, -0.15) is 0 Å². The van der Waals surface area contributed by atoms with Crippen LogP contribution in [0.5, 0.6) is 0 Å². The van der Waals surface area contributed by atoms with Gasteiger partial charge >= 0.3 is 174 Å². The molecule has 27 heavy (non-hydrogen) atoms. The molecule has 0 heterocycles. The second-order valence-electron chi connectivity index (χ2n) is 6.88. The van der Waals surface area contributed by atoms with E-state index in [1.165, 1.54) is 27.8 Å². The molecule has 0 amide bonds. The van der Waals surface area contributed by atoms with E-state index in [0.717, 1.165) is 12.8 Å². The minimum atomic E-state index is 0.335. The molecule has 0 aliphatic heterocycles. The fourth-order valence-corrected chi connectivity index (χ4v) is 5.06. The van der Waals surface area contributed by atoms with Gasteiger partial charge in [-0.25, -0.2) is 0 Å². The summed E-state index contributed by atoms with van der Waals surface area (Å²) in [4.78, 5) is 0. The van der Waals surface area contributed by atoms with Crippen LogP contribution in [0, 0.1) is 0 Å². The molecule has 1 unspecified atom stereocenters. The zero-order valence-corrected chi connectivity index (χ0v) is 17.5. The molecule has 0 bridgehead atoms. The van der Waals surface area contributed by atoms with Crippen molar-refractivity contribution < 1.29 is 19.8 Å². The Morgan fingerprint density at radius 2 is 1.22 bits per heavy atom. The summed E-state index contributed by atoms with van der Waals surface area (Å²) in [5, 5.41) is 0. The van der Waals surface area contributed by atoms with E-state index in [4.69, 9.17) is 0 Å². The Bertz CT molecular complexity index is 924. The van der Waals surface area contributed by atoms with Crippen molar-refractivity contribution in [3.8, 4) is 0 Å². The van der Waals surface area contributed by atoms with E-state index >= 15 is 0 Å². The molecule has 0 aromatic heterocycles. The Hall–Kier alpha value is -2.17. The summed E-state index contributed by atoms with van der Waals surface area (Å²) in [7, 11) is 0. The third-order valence-electron chi connectivity index (χ3n) is 5.17. The molecule has 137 valence electrons. The van der Waals surface area contributed by atoms with Crippen LogP contribution in [-0.2, 0) is 19.8 Å². The number of hydrogen-bond acceptors (Lipinski definition) is 0. The van der Waals surface area contributed by atoms with Crippen molar-refractivity contribution in [2.24, 2.45) is 0 Å². The average Bonchev–Trinajstić information content (AvgIpc) is 2.73. The SMILES string of the molecule is [Pt][C@@H]1/C=C\CC/C(c2ccccc2)=C(/c2ccccc2)C1c1ccccc1. The van der Waals surface area contributed by atoms with E-state index in [-0.39, 0.29) is 0 Å². The predicted molar refractivity (Wildman–Crippen MR) is 111 cm³/mol. The van der Waals surface area contributed by atoms with Gasteiger partial charge in [0.25, 0.3) is 0 Å². The van der Waals surface area contributed by atoms with Crippen LogP contribution >= 0.6 is 0 Å². The van der Waals surface area contributed by atoms with E-state index < -0.39 is 0 Å². The van der Waals surface area contributed by atoms with E-state index in [1.807, 2.05) is 0 Å². The second-order valence-corrected chi connectivity index (χ2v) is 8.40. The molecule has 2 atom stereocenters. The van der Waals surface area contributed by atoms with Crippen LogP contribution in [0.3, 0.4) is 0 Å². The molecule has 0 nitrogen and oxygen atoms in total. The van der Waals surface area contributed by atoms with Crippen LogP contribution in [-0.4, -0.2) is 0 Å². The van der Waals surface area contributed by atoms with Gasteiger partial charge < -0.3 is 0 Å². The molecular weight excluding hydrogens is 507 g/mol. The fourth-order valence-electron chi connectivity index (χ4n) is 3.94. The molecule has 1 aliphatic carbocycles. The van der Waals surface area contributed by atoms with Gasteiger partial charge in [0.1, 0.15) is 0 Å². The van der Waals surface area contributed by atoms with Gasteiger partial charge in [0.2, 0.25) is 0 Å². The molecule has 0 saturated heterocycles. The van der Waals surface area contributed by atoms with Crippen molar-refractivity contribution in [1.82, 2.24) is 0 Å². The number of benzene rings is 3. The van der Waals surface area contributed by atoms with Gasteiger partial charge in [-0.1, -0.05) is 0 Å². The summed E-state index contributed by atoms with van der Waals surface area (Å²) < 4.78 is 0.418. The summed E-state index contributed by atoms with van der Waals surface area (Å²) in [6.07, 6.45) is 6.90. The Morgan fingerprint density at radius 1 is 0.667 bits per heavy atom. The van der Waals surface area contributed by atoms with Crippen molar-refractivity contribution in [3.63, 3.8) is 0 Å². The van der Waals surface area contributed by atoms with Gasteiger partial charge in [0.05, 0.1) is 0 Å². The second kappa shape index (κ2) is 8.68. The molecule has 4 rings (SSSR count). The first-order valence-electron chi connectivity index (χ1n) is 9.50. The van der Waals surface area contributed by atoms with E-state index in [9.17, 15) is 0 Å². The van der Waals surface area contributed by atoms with Gasteiger partial charge in [0.15, 0.2) is 0 Å². The summed E-state index contributed by atoms with van der Waals surface area (Å²) in [5.74, 6) is 0.335. The molecule has 3 aromatic carbocycles. The summed E-state index contributed by atoms with van der Waals surface area (Å²) >= 11 is 2.60. The van der Waals surface area contributed by atoms with Crippen molar-refractivity contribution in [1.29, 1.82) is 0 Å². The predicted octanol–water partition coefficient (Wildman–Crippen LogP) is 7.07. The first-order chi connectivity index (χ1) is 13.3. The zero-order chi connectivity index (χ0) is 18.5. The van der Waals surface area contributed by atoms with E-state index in [1.54, 1.807) is 0 Å². The average molecular weight is 531 g/mol. The number of hydrogen-bond donors (Lipinski definition) is 0. The first kappa shape index (κ1) is 18.2. The maximum absolute atomic E-state index is 2.60. The van der Waals surface area contributed by atoms with Gasteiger partial charge in [-0.15, -0.1) is 0 Å². The Kier molecular flexibility index (Phi) is 5.85. The Labute approximate surface area is 173 Å². The molecule has 0 radical (unpaired) electrons. The van der Waals surface area contributed by atoms with Crippen molar-refractivity contribution in [2.45, 2.75) is 23.1 Å². The Balaban J connectivity index is 1.99. The van der Waals surface area contributed by atoms with Gasteiger partial charge in [-0.05, 0) is 0 Å². The molecule has 0 saturated carbocycles. The van der Waals surface area contributed by atoms with Crippen LogP contribution in [0.1, 0.15) is 35.4 Å². The fraction of sp³-hybridized carbons (Fsp3) is 0.154. The van der Waals surface area contributed by atoms with Crippen molar-refractivity contribution >= 4 is 11.1 Å². The van der Waals surface area contributed by atoms with Gasteiger partial charge in [-0.3, -0.25) is 0 Å². The van der Waals surface area contributed by atoms with Crippen LogP contribution in [0.25, 0.3) is 11.1 Å². The van der Waals surface area contributed by atoms with Crippen molar-refractivity contribution in [3.05, 3.63) is 120 Å². The summed E-state index contributed by atoms with van der Waals surface area (Å²) in [6.45, 7) is 0. The quantitative estimate of drug-likeness (QED) is 0.318. The zero-order valence-electron chi connectivity index (χ0n) is 15.2. The van der Waals surface area contributed by atoms with Crippen LogP contribution in [0.2, 0.25) is 4.31 Å². The van der Waals surface area contributed by atoms with Crippen LogP contribution < -0.4 is 0 Å². The minimum absolute atomic E-state index is 0.335. The topological polar surface area (TPSA) is 0 Å². The normalized spacial score (nSPS) is 24.1. The summed E-state index contributed by atoms with van der Waals surface area (Å²) in [6, 6.07) is 32.8. The molecular formula is C26H23Pt. The maximum atomic E-state index is 2.60. The molecule has 1 heteroatoms. The molecule has 0 N–H and O–H groups in total. The van der Waals surface area contributed by atoms with E-state index in [0.29, 0.717) is 10.2 Å². The molecule has 0 spiro atoms. The van der Waals surface area contributed by atoms with Gasteiger partial charge in [0, 0.05) is 0 Å². The standard InChI is InChI=1S/C26H23.Pt/c1-5-13-21(14-6-1)24-19-11-4-12-20-25(22-15-7-2-8-16-22)26(24)23-17-9-3-10-18-23;/h1-11,13-19,24H,12,20H2;/b11-4-,26-25+;. The molecule has 0 fully saturated rings. The Morgan fingerprint density at radius 3 is 1.85 bits per heavy atom. The number of rotatable bonds is 3. The molecule has 1 aliphatic rings. The number of allylic oxidation sites excluding steroid dienone is 4. The van der Waals surface area contributed by atoms with Crippen LogP contribution in [0.4, 0.5) is 0 Å². The van der Waals surface area contributed by atoms with Crippen LogP contribution in [0.15, 0.2) is 103 Å². The third-order valence-corrected chi connectivity index (χ3v) is 6.36. The van der Waals surface area contributed by atoms with Crippen molar-refractivity contribution in [2.75, 3.05) is 0 Å². The third kappa shape index (κ3) is 4.07.